The number of aryl methyl sites for hydroxylation is 1. The Bertz CT molecular complexity index is 434. The van der Waals surface area contributed by atoms with Crippen LogP contribution < -0.4 is 5.73 Å². The first-order valence-corrected chi connectivity index (χ1v) is 5.65. The van der Waals surface area contributed by atoms with Gasteiger partial charge in [0.1, 0.15) is 0 Å². The van der Waals surface area contributed by atoms with E-state index in [0.29, 0.717) is 0 Å². The number of hydrogen-bond donors (Lipinski definition) is 1. The standard InChI is InChI=1S/C14H17NO/c1-2-12-5-3-4-6-13(12)14(15)9-11-7-8-16-10-11/h3-8,10,14H,2,9,15H2,1H3. The van der Waals surface area contributed by atoms with Crippen molar-refractivity contribution in [2.45, 2.75) is 25.8 Å². The average molecular weight is 215 g/mol. The Hall–Kier alpha value is -1.54. The fourth-order valence-corrected chi connectivity index (χ4v) is 1.99. The van der Waals surface area contributed by atoms with Gasteiger partial charge in [-0.2, -0.15) is 0 Å². The van der Waals surface area contributed by atoms with Crippen LogP contribution in [-0.4, -0.2) is 0 Å². The minimum Gasteiger partial charge on any atom is -0.472 e. The Balaban J connectivity index is 2.17. The summed E-state index contributed by atoms with van der Waals surface area (Å²) in [5, 5.41) is 0. The highest BCUT2D eigenvalue weighted by Gasteiger charge is 2.10. The van der Waals surface area contributed by atoms with Crippen molar-refractivity contribution in [3.8, 4) is 0 Å². The van der Waals surface area contributed by atoms with Gasteiger partial charge in [0.05, 0.1) is 12.5 Å². The number of benzene rings is 1. The Morgan fingerprint density at radius 3 is 2.75 bits per heavy atom. The Morgan fingerprint density at radius 1 is 1.25 bits per heavy atom. The third-order valence-corrected chi connectivity index (χ3v) is 2.87. The molecule has 2 heteroatoms. The van der Waals surface area contributed by atoms with E-state index in [0.717, 1.165) is 18.4 Å². The molecule has 16 heavy (non-hydrogen) atoms. The minimum atomic E-state index is 0.0498. The molecule has 0 amide bonds. The zero-order chi connectivity index (χ0) is 11.4. The highest BCUT2D eigenvalue weighted by Crippen LogP contribution is 2.20. The molecule has 1 aromatic heterocycles. The molecule has 1 unspecified atom stereocenters. The second kappa shape index (κ2) is 4.99. The van der Waals surface area contributed by atoms with Crippen LogP contribution in [0.3, 0.4) is 0 Å². The smallest absolute Gasteiger partial charge is 0.0935 e. The quantitative estimate of drug-likeness (QED) is 0.851. The van der Waals surface area contributed by atoms with Crippen LogP contribution in [-0.2, 0) is 12.8 Å². The first kappa shape index (κ1) is 11.0. The molecule has 84 valence electrons. The largest absolute Gasteiger partial charge is 0.472 e. The first-order valence-electron chi connectivity index (χ1n) is 5.65. The molecule has 0 aliphatic rings. The summed E-state index contributed by atoms with van der Waals surface area (Å²) < 4.78 is 5.05. The Labute approximate surface area is 96.1 Å². The van der Waals surface area contributed by atoms with Crippen LogP contribution >= 0.6 is 0 Å². The molecular weight excluding hydrogens is 198 g/mol. The topological polar surface area (TPSA) is 39.2 Å². The van der Waals surface area contributed by atoms with Gasteiger partial charge in [0.25, 0.3) is 0 Å². The van der Waals surface area contributed by atoms with Crippen LogP contribution in [0.25, 0.3) is 0 Å². The van der Waals surface area contributed by atoms with Gasteiger partial charge in [0.2, 0.25) is 0 Å². The monoisotopic (exact) mass is 215 g/mol. The van der Waals surface area contributed by atoms with E-state index in [4.69, 9.17) is 10.2 Å². The van der Waals surface area contributed by atoms with Crippen LogP contribution in [0, 0.1) is 0 Å². The van der Waals surface area contributed by atoms with Crippen LogP contribution in [0.2, 0.25) is 0 Å². The fraction of sp³-hybridized carbons (Fsp3) is 0.286. The molecule has 0 saturated heterocycles. The highest BCUT2D eigenvalue weighted by molar-refractivity contribution is 5.31. The van der Waals surface area contributed by atoms with Crippen molar-refractivity contribution < 1.29 is 4.42 Å². The molecule has 1 aromatic carbocycles. The SMILES string of the molecule is CCc1ccccc1C(N)Cc1ccoc1. The molecule has 2 nitrogen and oxygen atoms in total. The van der Waals surface area contributed by atoms with Crippen molar-refractivity contribution in [2.75, 3.05) is 0 Å². The van der Waals surface area contributed by atoms with E-state index in [1.807, 2.05) is 12.1 Å². The molecule has 0 fully saturated rings. The van der Waals surface area contributed by atoms with Crippen LogP contribution in [0.4, 0.5) is 0 Å². The molecule has 2 rings (SSSR count). The van der Waals surface area contributed by atoms with Gasteiger partial charge in [-0.25, -0.2) is 0 Å². The summed E-state index contributed by atoms with van der Waals surface area (Å²) in [4.78, 5) is 0. The normalized spacial score (nSPS) is 12.6. The summed E-state index contributed by atoms with van der Waals surface area (Å²) in [6.45, 7) is 2.16. The summed E-state index contributed by atoms with van der Waals surface area (Å²) in [6, 6.07) is 10.4. The van der Waals surface area contributed by atoms with Gasteiger partial charge in [-0.1, -0.05) is 31.2 Å². The predicted molar refractivity (Wildman–Crippen MR) is 65.2 cm³/mol. The fourth-order valence-electron chi connectivity index (χ4n) is 1.99. The second-order valence-electron chi connectivity index (χ2n) is 3.99. The van der Waals surface area contributed by atoms with Crippen molar-refractivity contribution in [3.05, 3.63) is 59.5 Å². The van der Waals surface area contributed by atoms with E-state index >= 15 is 0 Å². The number of nitrogens with two attached hydrogens (primary N) is 1. The maximum Gasteiger partial charge on any atom is 0.0935 e. The number of rotatable bonds is 4. The van der Waals surface area contributed by atoms with Crippen molar-refractivity contribution in [2.24, 2.45) is 5.73 Å². The van der Waals surface area contributed by atoms with Crippen LogP contribution in [0.5, 0.6) is 0 Å². The van der Waals surface area contributed by atoms with Gasteiger partial charge >= 0.3 is 0 Å². The lowest BCUT2D eigenvalue weighted by atomic mass is 9.95. The lowest BCUT2D eigenvalue weighted by Gasteiger charge is -2.14. The molecule has 0 spiro atoms. The van der Waals surface area contributed by atoms with E-state index in [-0.39, 0.29) is 6.04 Å². The average Bonchev–Trinajstić information content (AvgIpc) is 2.81. The molecule has 0 saturated carbocycles. The molecule has 1 heterocycles. The zero-order valence-electron chi connectivity index (χ0n) is 9.52. The third kappa shape index (κ3) is 2.34. The molecule has 2 aromatic rings. The molecule has 1 atom stereocenters. The highest BCUT2D eigenvalue weighted by atomic mass is 16.3. The van der Waals surface area contributed by atoms with E-state index in [1.165, 1.54) is 11.1 Å². The summed E-state index contributed by atoms with van der Waals surface area (Å²) in [6.07, 6.45) is 5.30. The van der Waals surface area contributed by atoms with Crippen molar-refractivity contribution in [3.63, 3.8) is 0 Å². The van der Waals surface area contributed by atoms with Crippen molar-refractivity contribution >= 4 is 0 Å². The number of furan rings is 1. The summed E-state index contributed by atoms with van der Waals surface area (Å²) in [7, 11) is 0. The van der Waals surface area contributed by atoms with E-state index in [9.17, 15) is 0 Å². The number of hydrogen-bond acceptors (Lipinski definition) is 2. The van der Waals surface area contributed by atoms with Gasteiger partial charge < -0.3 is 10.2 Å². The molecule has 0 aliphatic heterocycles. The zero-order valence-corrected chi connectivity index (χ0v) is 9.52. The molecular formula is C14H17NO. The lowest BCUT2D eigenvalue weighted by Crippen LogP contribution is -2.14. The van der Waals surface area contributed by atoms with Gasteiger partial charge in [0.15, 0.2) is 0 Å². The van der Waals surface area contributed by atoms with Gasteiger partial charge in [-0.15, -0.1) is 0 Å². The van der Waals surface area contributed by atoms with Crippen LogP contribution in [0.15, 0.2) is 47.3 Å². The van der Waals surface area contributed by atoms with E-state index in [2.05, 4.69) is 25.1 Å². The van der Waals surface area contributed by atoms with Crippen molar-refractivity contribution in [1.82, 2.24) is 0 Å². The summed E-state index contributed by atoms with van der Waals surface area (Å²) >= 11 is 0. The molecule has 0 radical (unpaired) electrons. The van der Waals surface area contributed by atoms with Gasteiger partial charge in [-0.3, -0.25) is 0 Å². The van der Waals surface area contributed by atoms with Gasteiger partial charge in [-0.05, 0) is 35.6 Å². The third-order valence-electron chi connectivity index (χ3n) is 2.87. The lowest BCUT2D eigenvalue weighted by molar-refractivity contribution is 0.561. The maximum absolute atomic E-state index is 6.22. The Morgan fingerprint density at radius 2 is 2.06 bits per heavy atom. The Kier molecular flexibility index (Phi) is 3.42. The minimum absolute atomic E-state index is 0.0498. The molecule has 0 aliphatic carbocycles. The summed E-state index contributed by atoms with van der Waals surface area (Å²) in [5.41, 5.74) is 9.95. The first-order chi connectivity index (χ1) is 7.81. The van der Waals surface area contributed by atoms with Gasteiger partial charge in [0, 0.05) is 6.04 Å². The predicted octanol–water partition coefficient (Wildman–Crippen LogP) is 3.08. The molecule has 0 bridgehead atoms. The van der Waals surface area contributed by atoms with E-state index < -0.39 is 0 Å². The van der Waals surface area contributed by atoms with Crippen molar-refractivity contribution in [1.29, 1.82) is 0 Å². The summed E-state index contributed by atoms with van der Waals surface area (Å²) in [5.74, 6) is 0. The maximum atomic E-state index is 6.22. The van der Waals surface area contributed by atoms with E-state index in [1.54, 1.807) is 12.5 Å². The van der Waals surface area contributed by atoms with Crippen LogP contribution in [0.1, 0.15) is 29.7 Å². The molecule has 2 N–H and O–H groups in total. The second-order valence-corrected chi connectivity index (χ2v) is 3.99.